The predicted molar refractivity (Wildman–Crippen MR) is 54.9 cm³/mol. The largest absolute Gasteiger partial charge is 0.376 e. The average Bonchev–Trinajstić information content (AvgIpc) is 2.75. The smallest absolute Gasteiger partial charge is 0.264 e. The van der Waals surface area contributed by atoms with E-state index >= 15 is 0 Å². The van der Waals surface area contributed by atoms with Crippen LogP contribution in [0.1, 0.15) is 12.8 Å². The molecule has 0 radical (unpaired) electrons. The lowest BCUT2D eigenvalue weighted by Crippen LogP contribution is -2.34. The molecule has 0 bridgehead atoms. The molecule has 6 heteroatoms. The lowest BCUT2D eigenvalue weighted by molar-refractivity contribution is 0.0378. The van der Waals surface area contributed by atoms with E-state index in [1.54, 1.807) is 0 Å². The molecule has 0 aromatic heterocycles. The molecule has 0 aromatic rings. The lowest BCUT2D eigenvalue weighted by Gasteiger charge is -2.18. The van der Waals surface area contributed by atoms with Gasteiger partial charge in [-0.1, -0.05) is 11.6 Å². The van der Waals surface area contributed by atoms with Gasteiger partial charge in [-0.25, -0.2) is 0 Å². The maximum Gasteiger partial charge on any atom is 0.264 e. The summed E-state index contributed by atoms with van der Waals surface area (Å²) in [5.41, 5.74) is 7.16. The first-order valence-corrected chi connectivity index (χ1v) is 6.61. The Balaban J connectivity index is 1.67. The van der Waals surface area contributed by atoms with Crippen LogP contribution in [0.4, 0.5) is 0 Å². The van der Waals surface area contributed by atoms with Crippen LogP contribution in [-0.2, 0) is 14.9 Å². The maximum absolute atomic E-state index is 10.4. The van der Waals surface area contributed by atoms with E-state index in [1.807, 2.05) is 6.08 Å². The fourth-order valence-electron chi connectivity index (χ4n) is 2.01. The summed E-state index contributed by atoms with van der Waals surface area (Å²) in [6, 6.07) is -0.0514. The van der Waals surface area contributed by atoms with Gasteiger partial charge >= 0.3 is 0 Å². The molecule has 0 spiro atoms. The third-order valence-corrected chi connectivity index (χ3v) is 3.62. The molecular weight excluding hydrogens is 218 g/mol. The van der Waals surface area contributed by atoms with Crippen molar-refractivity contribution < 1.29 is 17.7 Å². The van der Waals surface area contributed by atoms with Crippen molar-refractivity contribution in [3.05, 3.63) is 11.6 Å². The normalized spacial score (nSPS) is 33.7. The first kappa shape index (κ1) is 11.1. The number of hydrogen-bond acceptors (Lipinski definition) is 4. The first-order chi connectivity index (χ1) is 6.97. The topological polar surface area (TPSA) is 89.6 Å². The van der Waals surface area contributed by atoms with Crippen LogP contribution in [0.25, 0.3) is 0 Å². The monoisotopic (exact) mass is 233 g/mol. The molecule has 0 heterocycles. The zero-order valence-electron chi connectivity index (χ0n) is 8.30. The molecule has 1 fully saturated rings. The SMILES string of the molecule is NC1C=C2CC2C1OCCCS(=O)(=O)O. The molecule has 0 saturated heterocycles. The Morgan fingerprint density at radius 1 is 1.60 bits per heavy atom. The standard InChI is InChI=1S/C9H15NO4S/c10-8-5-6-4-7(6)9(8)14-2-1-3-15(11,12)13/h5,7-9H,1-4,10H2,(H,11,12,13). The Hall–Kier alpha value is -0.430. The van der Waals surface area contributed by atoms with E-state index < -0.39 is 10.1 Å². The van der Waals surface area contributed by atoms with Crippen LogP contribution in [-0.4, -0.2) is 37.5 Å². The lowest BCUT2D eigenvalue weighted by atomic mass is 10.1. The fourth-order valence-corrected chi connectivity index (χ4v) is 2.49. The average molecular weight is 233 g/mol. The second-order valence-corrected chi connectivity index (χ2v) is 5.68. The van der Waals surface area contributed by atoms with Gasteiger partial charge in [-0.15, -0.1) is 0 Å². The van der Waals surface area contributed by atoms with Crippen LogP contribution in [0.2, 0.25) is 0 Å². The fraction of sp³-hybridized carbons (Fsp3) is 0.778. The van der Waals surface area contributed by atoms with Gasteiger partial charge in [-0.2, -0.15) is 8.42 Å². The minimum absolute atomic E-state index is 0.0152. The van der Waals surface area contributed by atoms with Crippen LogP contribution in [0.15, 0.2) is 11.6 Å². The predicted octanol–water partition coefficient (Wildman–Crippen LogP) is -0.0633. The Bertz CT molecular complexity index is 376. The quantitative estimate of drug-likeness (QED) is 0.394. The van der Waals surface area contributed by atoms with Gasteiger partial charge in [-0.05, 0) is 12.8 Å². The van der Waals surface area contributed by atoms with Crippen LogP contribution in [0.3, 0.4) is 0 Å². The van der Waals surface area contributed by atoms with Gasteiger partial charge in [-0.3, -0.25) is 4.55 Å². The molecule has 3 unspecified atom stereocenters. The summed E-state index contributed by atoms with van der Waals surface area (Å²) in [6.07, 6.45) is 3.42. The third-order valence-electron chi connectivity index (χ3n) is 2.81. The van der Waals surface area contributed by atoms with Gasteiger partial charge < -0.3 is 10.5 Å². The highest BCUT2D eigenvalue weighted by molar-refractivity contribution is 7.85. The zero-order chi connectivity index (χ0) is 11.1. The molecule has 1 saturated carbocycles. The van der Waals surface area contributed by atoms with E-state index in [9.17, 15) is 8.42 Å². The number of fused-ring (bicyclic) bond motifs is 1. The minimum Gasteiger partial charge on any atom is -0.376 e. The molecule has 3 N–H and O–H groups in total. The van der Waals surface area contributed by atoms with Crippen molar-refractivity contribution >= 4 is 10.1 Å². The first-order valence-electron chi connectivity index (χ1n) is 5.00. The number of ether oxygens (including phenoxy) is 1. The van der Waals surface area contributed by atoms with Crippen LogP contribution in [0.5, 0.6) is 0 Å². The van der Waals surface area contributed by atoms with Gasteiger partial charge in [0.1, 0.15) is 0 Å². The molecule has 2 aliphatic carbocycles. The van der Waals surface area contributed by atoms with Gasteiger partial charge in [0.05, 0.1) is 11.9 Å². The van der Waals surface area contributed by atoms with Crippen LogP contribution in [0, 0.1) is 5.92 Å². The Labute approximate surface area is 89.0 Å². The van der Waals surface area contributed by atoms with Crippen molar-refractivity contribution in [1.29, 1.82) is 0 Å². The minimum atomic E-state index is -3.86. The summed E-state index contributed by atoms with van der Waals surface area (Å²) in [5, 5.41) is 0. The summed E-state index contributed by atoms with van der Waals surface area (Å²) in [7, 11) is -3.86. The Morgan fingerprint density at radius 2 is 2.33 bits per heavy atom. The number of nitrogens with two attached hydrogens (primary N) is 1. The number of hydrogen-bond donors (Lipinski definition) is 2. The van der Waals surface area contributed by atoms with Crippen molar-refractivity contribution in [2.24, 2.45) is 11.7 Å². The van der Waals surface area contributed by atoms with E-state index in [2.05, 4.69) is 0 Å². The maximum atomic E-state index is 10.4. The molecule has 86 valence electrons. The van der Waals surface area contributed by atoms with Crippen LogP contribution >= 0.6 is 0 Å². The highest BCUT2D eigenvalue weighted by Crippen LogP contribution is 2.47. The summed E-state index contributed by atoms with van der Waals surface area (Å²) in [6.45, 7) is 0.329. The van der Waals surface area contributed by atoms with Crippen molar-refractivity contribution in [3.8, 4) is 0 Å². The van der Waals surface area contributed by atoms with Crippen molar-refractivity contribution in [2.45, 2.75) is 25.0 Å². The summed E-state index contributed by atoms with van der Waals surface area (Å²) in [4.78, 5) is 0. The van der Waals surface area contributed by atoms with Crippen molar-refractivity contribution in [3.63, 3.8) is 0 Å². The highest BCUT2D eigenvalue weighted by Gasteiger charge is 2.45. The zero-order valence-corrected chi connectivity index (χ0v) is 9.11. The van der Waals surface area contributed by atoms with E-state index in [-0.39, 0.29) is 17.9 Å². The second-order valence-electron chi connectivity index (χ2n) is 4.10. The number of rotatable bonds is 5. The van der Waals surface area contributed by atoms with Crippen molar-refractivity contribution in [2.75, 3.05) is 12.4 Å². The molecule has 2 aliphatic rings. The molecule has 5 nitrogen and oxygen atoms in total. The van der Waals surface area contributed by atoms with E-state index in [1.165, 1.54) is 5.57 Å². The van der Waals surface area contributed by atoms with E-state index in [4.69, 9.17) is 15.0 Å². The van der Waals surface area contributed by atoms with E-state index in [0.717, 1.165) is 6.42 Å². The molecule has 3 atom stereocenters. The van der Waals surface area contributed by atoms with Crippen molar-refractivity contribution in [1.82, 2.24) is 0 Å². The summed E-state index contributed by atoms with van der Waals surface area (Å²) >= 11 is 0. The van der Waals surface area contributed by atoms with Gasteiger partial charge in [0, 0.05) is 18.6 Å². The molecule has 0 amide bonds. The van der Waals surface area contributed by atoms with Crippen LogP contribution < -0.4 is 5.73 Å². The third kappa shape index (κ3) is 2.78. The molecular formula is C9H15NO4S. The van der Waals surface area contributed by atoms with E-state index in [0.29, 0.717) is 18.9 Å². The van der Waals surface area contributed by atoms with Gasteiger partial charge in [0.15, 0.2) is 0 Å². The van der Waals surface area contributed by atoms with Gasteiger partial charge in [0.25, 0.3) is 10.1 Å². The molecule has 2 rings (SSSR count). The highest BCUT2D eigenvalue weighted by atomic mass is 32.2. The molecule has 0 aliphatic heterocycles. The Morgan fingerprint density at radius 3 is 2.87 bits per heavy atom. The second kappa shape index (κ2) is 3.86. The molecule has 0 aromatic carbocycles. The van der Waals surface area contributed by atoms with Gasteiger partial charge in [0.2, 0.25) is 0 Å². The summed E-state index contributed by atoms with van der Waals surface area (Å²) in [5.74, 6) is 0.214. The Kier molecular flexibility index (Phi) is 2.85. The summed E-state index contributed by atoms with van der Waals surface area (Å²) < 4.78 is 34.9. The molecule has 15 heavy (non-hydrogen) atoms.